The number of hydrogen-bond acceptors (Lipinski definition) is 4. The van der Waals surface area contributed by atoms with Gasteiger partial charge in [0.1, 0.15) is 0 Å². The van der Waals surface area contributed by atoms with Crippen LogP contribution < -0.4 is 9.47 Å². The first kappa shape index (κ1) is 18.8. The molecule has 6 heteroatoms. The van der Waals surface area contributed by atoms with Crippen molar-refractivity contribution in [2.75, 3.05) is 47.1 Å². The Morgan fingerprint density at radius 1 is 1.12 bits per heavy atom. The first-order valence-corrected chi connectivity index (χ1v) is 9.57. The van der Waals surface area contributed by atoms with Crippen molar-refractivity contribution in [2.24, 2.45) is 0 Å². The summed E-state index contributed by atoms with van der Waals surface area (Å²) >= 11 is 0. The Morgan fingerprint density at radius 3 is 2.62 bits per heavy atom. The Balaban J connectivity index is 1.62. The summed E-state index contributed by atoms with van der Waals surface area (Å²) in [5.74, 6) is 1.51. The minimum atomic E-state index is 0.185. The van der Waals surface area contributed by atoms with Crippen molar-refractivity contribution in [3.63, 3.8) is 0 Å². The van der Waals surface area contributed by atoms with Crippen LogP contribution in [0, 0.1) is 0 Å². The second kappa shape index (κ2) is 9.12. The van der Waals surface area contributed by atoms with Gasteiger partial charge in [-0.1, -0.05) is 6.07 Å². The standard InChI is InChI=1S/C20H30N2O4/c1-24-18-9-7-16(15-19(18)25-2)6-8-17-5-3-4-10-22(17)20(23)21-11-13-26-14-12-21/h7,9,15,17H,3-6,8,10-14H2,1-2H3. The zero-order chi connectivity index (χ0) is 18.4. The molecule has 144 valence electrons. The van der Waals surface area contributed by atoms with E-state index in [1.54, 1.807) is 14.2 Å². The Morgan fingerprint density at radius 2 is 1.88 bits per heavy atom. The fourth-order valence-corrected chi connectivity index (χ4v) is 3.86. The molecule has 0 N–H and O–H groups in total. The maximum Gasteiger partial charge on any atom is 0.320 e. The summed E-state index contributed by atoms with van der Waals surface area (Å²) in [4.78, 5) is 17.0. The van der Waals surface area contributed by atoms with E-state index in [1.165, 1.54) is 12.0 Å². The van der Waals surface area contributed by atoms with Crippen LogP contribution in [-0.2, 0) is 11.2 Å². The molecular formula is C20H30N2O4. The highest BCUT2D eigenvalue weighted by Gasteiger charge is 2.30. The summed E-state index contributed by atoms with van der Waals surface area (Å²) in [5, 5.41) is 0. The second-order valence-corrected chi connectivity index (χ2v) is 6.95. The first-order chi connectivity index (χ1) is 12.7. The summed E-state index contributed by atoms with van der Waals surface area (Å²) in [6.45, 7) is 3.58. The number of urea groups is 1. The first-order valence-electron chi connectivity index (χ1n) is 9.57. The van der Waals surface area contributed by atoms with Gasteiger partial charge < -0.3 is 24.0 Å². The third kappa shape index (κ3) is 4.41. The molecule has 0 bridgehead atoms. The number of likely N-dealkylation sites (tertiary alicyclic amines) is 1. The molecule has 2 heterocycles. The van der Waals surface area contributed by atoms with E-state index in [4.69, 9.17) is 14.2 Å². The van der Waals surface area contributed by atoms with Crippen molar-refractivity contribution in [2.45, 2.75) is 38.1 Å². The van der Waals surface area contributed by atoms with Crippen LogP contribution in [-0.4, -0.2) is 68.9 Å². The maximum atomic E-state index is 12.9. The van der Waals surface area contributed by atoms with Gasteiger partial charge in [-0.2, -0.15) is 0 Å². The summed E-state index contributed by atoms with van der Waals surface area (Å²) in [7, 11) is 3.31. The topological polar surface area (TPSA) is 51.2 Å². The number of hydrogen-bond donors (Lipinski definition) is 0. The minimum Gasteiger partial charge on any atom is -0.493 e. The molecule has 6 nitrogen and oxygen atoms in total. The molecule has 2 aliphatic rings. The van der Waals surface area contributed by atoms with Crippen molar-refractivity contribution >= 4 is 6.03 Å². The maximum absolute atomic E-state index is 12.9. The number of aryl methyl sites for hydroxylation is 1. The molecule has 0 saturated carbocycles. The van der Waals surface area contributed by atoms with Crippen molar-refractivity contribution in [1.82, 2.24) is 9.80 Å². The highest BCUT2D eigenvalue weighted by atomic mass is 16.5. The minimum absolute atomic E-state index is 0.185. The smallest absolute Gasteiger partial charge is 0.320 e. The number of benzene rings is 1. The van der Waals surface area contributed by atoms with Crippen LogP contribution in [0.2, 0.25) is 0 Å². The van der Waals surface area contributed by atoms with E-state index in [1.807, 2.05) is 17.0 Å². The van der Waals surface area contributed by atoms with E-state index >= 15 is 0 Å². The van der Waals surface area contributed by atoms with Gasteiger partial charge >= 0.3 is 6.03 Å². The average Bonchev–Trinajstić information content (AvgIpc) is 2.72. The number of ether oxygens (including phenoxy) is 3. The fourth-order valence-electron chi connectivity index (χ4n) is 3.86. The monoisotopic (exact) mass is 362 g/mol. The normalized spacial score (nSPS) is 20.8. The highest BCUT2D eigenvalue weighted by Crippen LogP contribution is 2.29. The van der Waals surface area contributed by atoms with E-state index in [9.17, 15) is 4.79 Å². The summed E-state index contributed by atoms with van der Waals surface area (Å²) in [6, 6.07) is 6.57. The number of morpholine rings is 1. The van der Waals surface area contributed by atoms with Crippen LogP contribution in [0.15, 0.2) is 18.2 Å². The Bertz CT molecular complexity index is 601. The van der Waals surface area contributed by atoms with Crippen LogP contribution in [0.3, 0.4) is 0 Å². The molecule has 0 radical (unpaired) electrons. The van der Waals surface area contributed by atoms with Crippen LogP contribution >= 0.6 is 0 Å². The van der Waals surface area contributed by atoms with Crippen molar-refractivity contribution in [3.05, 3.63) is 23.8 Å². The summed E-state index contributed by atoms with van der Waals surface area (Å²) < 4.78 is 16.1. The van der Waals surface area contributed by atoms with Gasteiger partial charge in [-0.15, -0.1) is 0 Å². The molecule has 0 aromatic heterocycles. The van der Waals surface area contributed by atoms with E-state index in [0.717, 1.165) is 43.7 Å². The molecule has 0 aliphatic carbocycles. The lowest BCUT2D eigenvalue weighted by molar-refractivity contribution is 0.0350. The van der Waals surface area contributed by atoms with Crippen LogP contribution in [0.5, 0.6) is 11.5 Å². The molecule has 1 unspecified atom stereocenters. The van der Waals surface area contributed by atoms with Crippen molar-refractivity contribution in [3.8, 4) is 11.5 Å². The highest BCUT2D eigenvalue weighted by molar-refractivity contribution is 5.75. The number of nitrogens with zero attached hydrogens (tertiary/aromatic N) is 2. The number of piperidine rings is 1. The van der Waals surface area contributed by atoms with Gasteiger partial charge in [0.15, 0.2) is 11.5 Å². The fraction of sp³-hybridized carbons (Fsp3) is 0.650. The number of methoxy groups -OCH3 is 2. The lowest BCUT2D eigenvalue weighted by atomic mass is 9.96. The largest absolute Gasteiger partial charge is 0.493 e. The van der Waals surface area contributed by atoms with Crippen molar-refractivity contribution < 1.29 is 19.0 Å². The van der Waals surface area contributed by atoms with Crippen LogP contribution in [0.25, 0.3) is 0 Å². The molecule has 2 saturated heterocycles. The molecule has 1 atom stereocenters. The zero-order valence-electron chi connectivity index (χ0n) is 15.9. The number of amides is 2. The van der Waals surface area contributed by atoms with Gasteiger partial charge in [0.2, 0.25) is 0 Å². The Labute approximate surface area is 156 Å². The van der Waals surface area contributed by atoms with E-state index in [0.29, 0.717) is 32.3 Å². The Kier molecular flexibility index (Phi) is 6.61. The van der Waals surface area contributed by atoms with E-state index in [2.05, 4.69) is 11.0 Å². The molecule has 1 aromatic carbocycles. The number of carbonyl (C=O) groups excluding carboxylic acids is 1. The molecule has 2 amide bonds. The molecule has 26 heavy (non-hydrogen) atoms. The van der Waals surface area contributed by atoms with Crippen LogP contribution in [0.4, 0.5) is 4.79 Å². The molecule has 2 aliphatic heterocycles. The lowest BCUT2D eigenvalue weighted by Crippen LogP contribution is -2.53. The molecule has 0 spiro atoms. The number of rotatable bonds is 5. The molecule has 3 rings (SSSR count). The number of carbonyl (C=O) groups is 1. The van der Waals surface area contributed by atoms with Gasteiger partial charge in [0.25, 0.3) is 0 Å². The quantitative estimate of drug-likeness (QED) is 0.808. The summed E-state index contributed by atoms with van der Waals surface area (Å²) in [6.07, 6.45) is 5.29. The van der Waals surface area contributed by atoms with Gasteiger partial charge in [-0.05, 0) is 49.8 Å². The van der Waals surface area contributed by atoms with Gasteiger partial charge in [-0.25, -0.2) is 4.79 Å². The third-order valence-electron chi connectivity index (χ3n) is 5.37. The summed E-state index contributed by atoms with van der Waals surface area (Å²) in [5.41, 5.74) is 1.21. The molecule has 1 aromatic rings. The molecule has 2 fully saturated rings. The second-order valence-electron chi connectivity index (χ2n) is 6.95. The van der Waals surface area contributed by atoms with Crippen molar-refractivity contribution in [1.29, 1.82) is 0 Å². The molecular weight excluding hydrogens is 332 g/mol. The third-order valence-corrected chi connectivity index (χ3v) is 5.37. The van der Waals surface area contributed by atoms with Crippen LogP contribution in [0.1, 0.15) is 31.2 Å². The predicted molar refractivity (Wildman–Crippen MR) is 100 cm³/mol. The van der Waals surface area contributed by atoms with Gasteiger partial charge in [0.05, 0.1) is 27.4 Å². The van der Waals surface area contributed by atoms with E-state index < -0.39 is 0 Å². The predicted octanol–water partition coefficient (Wildman–Crippen LogP) is 2.94. The average molecular weight is 362 g/mol. The SMILES string of the molecule is COc1ccc(CCC2CCCCN2C(=O)N2CCOCC2)cc1OC. The zero-order valence-corrected chi connectivity index (χ0v) is 15.9. The Hall–Kier alpha value is -1.95. The lowest BCUT2D eigenvalue weighted by Gasteiger charge is -2.40. The van der Waals surface area contributed by atoms with E-state index in [-0.39, 0.29) is 6.03 Å². The van der Waals surface area contributed by atoms with Gasteiger partial charge in [0, 0.05) is 25.7 Å². The van der Waals surface area contributed by atoms with Gasteiger partial charge in [-0.3, -0.25) is 0 Å².